The SMILES string of the molecule is CN(Cc1ccc(C#N)cc1Cl)c1ccc(F)cc1. The van der Waals surface area contributed by atoms with Gasteiger partial charge in [0.25, 0.3) is 0 Å². The van der Waals surface area contributed by atoms with Gasteiger partial charge in [-0.05, 0) is 42.0 Å². The largest absolute Gasteiger partial charge is 0.370 e. The minimum absolute atomic E-state index is 0.256. The lowest BCUT2D eigenvalue weighted by atomic mass is 10.1. The van der Waals surface area contributed by atoms with Crippen molar-refractivity contribution < 1.29 is 4.39 Å². The first-order valence-electron chi connectivity index (χ1n) is 5.75. The van der Waals surface area contributed by atoms with Crippen LogP contribution in [0.15, 0.2) is 42.5 Å². The van der Waals surface area contributed by atoms with Crippen LogP contribution in [0.4, 0.5) is 10.1 Å². The number of nitrogens with zero attached hydrogens (tertiary/aromatic N) is 2. The molecule has 4 heteroatoms. The molecule has 19 heavy (non-hydrogen) atoms. The molecular weight excluding hydrogens is 263 g/mol. The van der Waals surface area contributed by atoms with Gasteiger partial charge in [0, 0.05) is 24.3 Å². The molecule has 0 heterocycles. The summed E-state index contributed by atoms with van der Waals surface area (Å²) in [5.41, 5.74) is 2.37. The zero-order valence-electron chi connectivity index (χ0n) is 10.4. The van der Waals surface area contributed by atoms with Crippen molar-refractivity contribution >= 4 is 17.3 Å². The average Bonchev–Trinajstić information content (AvgIpc) is 2.41. The maximum atomic E-state index is 12.9. The van der Waals surface area contributed by atoms with Crippen molar-refractivity contribution in [2.75, 3.05) is 11.9 Å². The Morgan fingerprint density at radius 2 is 1.89 bits per heavy atom. The van der Waals surface area contributed by atoms with E-state index in [0.29, 0.717) is 17.1 Å². The van der Waals surface area contributed by atoms with E-state index in [2.05, 4.69) is 0 Å². The normalized spacial score (nSPS) is 10.0. The summed E-state index contributed by atoms with van der Waals surface area (Å²) in [6, 6.07) is 13.5. The van der Waals surface area contributed by atoms with Crippen LogP contribution in [0.3, 0.4) is 0 Å². The maximum Gasteiger partial charge on any atom is 0.123 e. The number of rotatable bonds is 3. The molecule has 2 rings (SSSR count). The minimum atomic E-state index is -0.256. The van der Waals surface area contributed by atoms with Crippen LogP contribution in [0, 0.1) is 17.1 Å². The Morgan fingerprint density at radius 3 is 2.47 bits per heavy atom. The summed E-state index contributed by atoms with van der Waals surface area (Å²) in [6.07, 6.45) is 0. The van der Waals surface area contributed by atoms with E-state index in [1.165, 1.54) is 12.1 Å². The number of hydrogen-bond donors (Lipinski definition) is 0. The molecule has 2 nitrogen and oxygen atoms in total. The van der Waals surface area contributed by atoms with Gasteiger partial charge in [0.1, 0.15) is 5.82 Å². The standard InChI is InChI=1S/C15H12ClFN2/c1-19(14-6-4-13(17)5-7-14)10-12-3-2-11(9-18)8-15(12)16/h2-8H,10H2,1H3. The molecule has 0 aromatic heterocycles. The van der Waals surface area contributed by atoms with E-state index in [0.717, 1.165) is 11.3 Å². The molecule has 0 amide bonds. The number of hydrogen-bond acceptors (Lipinski definition) is 2. The molecule has 96 valence electrons. The Labute approximate surface area is 116 Å². The van der Waals surface area contributed by atoms with Gasteiger partial charge in [0.2, 0.25) is 0 Å². The molecule has 2 aromatic rings. The first-order chi connectivity index (χ1) is 9.10. The summed E-state index contributed by atoms with van der Waals surface area (Å²) in [6.45, 7) is 0.593. The highest BCUT2D eigenvalue weighted by molar-refractivity contribution is 6.31. The molecule has 0 N–H and O–H groups in total. The molecule has 0 aliphatic carbocycles. The molecule has 0 fully saturated rings. The molecular formula is C15H12ClFN2. The van der Waals surface area contributed by atoms with Crippen molar-refractivity contribution in [3.63, 3.8) is 0 Å². The summed E-state index contributed by atoms with van der Waals surface area (Å²) < 4.78 is 12.9. The molecule has 0 saturated carbocycles. The van der Waals surface area contributed by atoms with Crippen LogP contribution < -0.4 is 4.90 Å². The lowest BCUT2D eigenvalue weighted by Gasteiger charge is -2.20. The molecule has 0 radical (unpaired) electrons. The van der Waals surface area contributed by atoms with Gasteiger partial charge in [0.15, 0.2) is 0 Å². The Bertz CT molecular complexity index is 617. The molecule has 0 spiro atoms. The van der Waals surface area contributed by atoms with Gasteiger partial charge in [-0.25, -0.2) is 4.39 Å². The van der Waals surface area contributed by atoms with Crippen LogP contribution in [0.25, 0.3) is 0 Å². The molecule has 2 aromatic carbocycles. The van der Waals surface area contributed by atoms with Crippen LogP contribution in [-0.4, -0.2) is 7.05 Å². The molecule has 0 atom stereocenters. The van der Waals surface area contributed by atoms with Crippen molar-refractivity contribution in [1.82, 2.24) is 0 Å². The average molecular weight is 275 g/mol. The highest BCUT2D eigenvalue weighted by Gasteiger charge is 2.06. The first-order valence-corrected chi connectivity index (χ1v) is 6.13. The third kappa shape index (κ3) is 3.24. The van der Waals surface area contributed by atoms with E-state index in [-0.39, 0.29) is 5.82 Å². The smallest absolute Gasteiger partial charge is 0.123 e. The van der Waals surface area contributed by atoms with Gasteiger partial charge >= 0.3 is 0 Å². The summed E-state index contributed by atoms with van der Waals surface area (Å²) >= 11 is 6.13. The van der Waals surface area contributed by atoms with E-state index in [9.17, 15) is 4.39 Å². The summed E-state index contributed by atoms with van der Waals surface area (Å²) in [7, 11) is 1.90. The fourth-order valence-electron chi connectivity index (χ4n) is 1.79. The van der Waals surface area contributed by atoms with E-state index in [4.69, 9.17) is 16.9 Å². The van der Waals surface area contributed by atoms with Gasteiger partial charge in [-0.1, -0.05) is 17.7 Å². The van der Waals surface area contributed by atoms with Gasteiger partial charge < -0.3 is 4.90 Å². The first kappa shape index (κ1) is 13.4. The predicted molar refractivity (Wildman–Crippen MR) is 74.7 cm³/mol. The Balaban J connectivity index is 2.17. The molecule has 0 unspecified atom stereocenters. The summed E-state index contributed by atoms with van der Waals surface area (Å²) in [5.74, 6) is -0.256. The Morgan fingerprint density at radius 1 is 1.21 bits per heavy atom. The van der Waals surface area contributed by atoms with E-state index >= 15 is 0 Å². The lowest BCUT2D eigenvalue weighted by molar-refractivity contribution is 0.627. The van der Waals surface area contributed by atoms with Gasteiger partial charge in [-0.2, -0.15) is 5.26 Å². The van der Waals surface area contributed by atoms with Gasteiger partial charge in [-0.3, -0.25) is 0 Å². The van der Waals surface area contributed by atoms with Gasteiger partial charge in [-0.15, -0.1) is 0 Å². The number of halogens is 2. The zero-order chi connectivity index (χ0) is 13.8. The second kappa shape index (κ2) is 5.73. The maximum absolute atomic E-state index is 12.9. The fraction of sp³-hybridized carbons (Fsp3) is 0.133. The number of benzene rings is 2. The molecule has 0 aliphatic heterocycles. The van der Waals surface area contributed by atoms with Crippen LogP contribution in [-0.2, 0) is 6.54 Å². The van der Waals surface area contributed by atoms with E-state index < -0.39 is 0 Å². The van der Waals surface area contributed by atoms with E-state index in [1.807, 2.05) is 24.1 Å². The van der Waals surface area contributed by atoms with Crippen LogP contribution in [0.5, 0.6) is 0 Å². The second-order valence-electron chi connectivity index (χ2n) is 4.25. The third-order valence-electron chi connectivity index (χ3n) is 2.86. The Kier molecular flexibility index (Phi) is 4.03. The fourth-order valence-corrected chi connectivity index (χ4v) is 2.03. The third-order valence-corrected chi connectivity index (χ3v) is 3.21. The highest BCUT2D eigenvalue weighted by Crippen LogP contribution is 2.22. The molecule has 0 aliphatic rings. The summed E-state index contributed by atoms with van der Waals surface area (Å²) in [5, 5.41) is 9.35. The van der Waals surface area contributed by atoms with Crippen LogP contribution in [0.1, 0.15) is 11.1 Å². The van der Waals surface area contributed by atoms with Crippen molar-refractivity contribution in [1.29, 1.82) is 5.26 Å². The number of anilines is 1. The lowest BCUT2D eigenvalue weighted by Crippen LogP contribution is -2.16. The minimum Gasteiger partial charge on any atom is -0.370 e. The van der Waals surface area contributed by atoms with Gasteiger partial charge in [0.05, 0.1) is 11.6 Å². The molecule has 0 bridgehead atoms. The van der Waals surface area contributed by atoms with Crippen molar-refractivity contribution in [3.05, 3.63) is 64.4 Å². The Hall–Kier alpha value is -2.05. The number of nitriles is 1. The second-order valence-corrected chi connectivity index (χ2v) is 4.66. The topological polar surface area (TPSA) is 27.0 Å². The predicted octanol–water partition coefficient (Wildman–Crippen LogP) is 3.99. The van der Waals surface area contributed by atoms with E-state index in [1.54, 1.807) is 24.3 Å². The highest BCUT2D eigenvalue weighted by atomic mass is 35.5. The van der Waals surface area contributed by atoms with Crippen LogP contribution >= 0.6 is 11.6 Å². The molecule has 0 saturated heterocycles. The van der Waals surface area contributed by atoms with Crippen molar-refractivity contribution in [3.8, 4) is 6.07 Å². The monoisotopic (exact) mass is 274 g/mol. The van der Waals surface area contributed by atoms with Crippen molar-refractivity contribution in [2.24, 2.45) is 0 Å². The summed E-state index contributed by atoms with van der Waals surface area (Å²) in [4.78, 5) is 1.96. The quantitative estimate of drug-likeness (QED) is 0.846. The van der Waals surface area contributed by atoms with Crippen molar-refractivity contribution in [2.45, 2.75) is 6.54 Å². The zero-order valence-corrected chi connectivity index (χ0v) is 11.2. The van der Waals surface area contributed by atoms with Crippen LogP contribution in [0.2, 0.25) is 5.02 Å².